The molecule has 0 aliphatic rings. The van der Waals surface area contributed by atoms with Crippen LogP contribution >= 0.6 is 23.2 Å². The van der Waals surface area contributed by atoms with E-state index in [0.29, 0.717) is 32.6 Å². The lowest BCUT2D eigenvalue weighted by molar-refractivity contribution is 0.111. The van der Waals surface area contributed by atoms with E-state index in [4.69, 9.17) is 23.2 Å². The Hall–Kier alpha value is -1.84. The standard InChI is InChI=1S/C15H10Cl2N2O/c1-9-2-5-14-18-15(13(8-20)19(14)7-9)11-4-3-10(16)6-12(11)17/h2-8H,1H3. The molecule has 2 aromatic heterocycles. The number of aromatic nitrogens is 2. The van der Waals surface area contributed by atoms with Gasteiger partial charge in [0, 0.05) is 16.8 Å². The van der Waals surface area contributed by atoms with Crippen molar-refractivity contribution in [1.82, 2.24) is 9.38 Å². The molecule has 0 fully saturated rings. The third-order valence-corrected chi connectivity index (χ3v) is 3.65. The minimum atomic E-state index is 0.473. The topological polar surface area (TPSA) is 34.4 Å². The zero-order chi connectivity index (χ0) is 14.3. The summed E-state index contributed by atoms with van der Waals surface area (Å²) in [6, 6.07) is 8.96. The molecule has 100 valence electrons. The van der Waals surface area contributed by atoms with Gasteiger partial charge in [0.2, 0.25) is 0 Å². The summed E-state index contributed by atoms with van der Waals surface area (Å²) in [5, 5.41) is 1.02. The number of nitrogens with zero attached hydrogens (tertiary/aromatic N) is 2. The maximum absolute atomic E-state index is 11.4. The van der Waals surface area contributed by atoms with Crippen molar-refractivity contribution in [3.8, 4) is 11.3 Å². The molecule has 3 rings (SSSR count). The third kappa shape index (κ3) is 2.09. The highest BCUT2D eigenvalue weighted by atomic mass is 35.5. The molecule has 3 nitrogen and oxygen atoms in total. The number of pyridine rings is 1. The number of aldehydes is 1. The Morgan fingerprint density at radius 2 is 2.00 bits per heavy atom. The molecule has 0 unspecified atom stereocenters. The molecule has 0 saturated carbocycles. The van der Waals surface area contributed by atoms with E-state index in [1.807, 2.05) is 25.3 Å². The molecule has 0 amide bonds. The lowest BCUT2D eigenvalue weighted by Crippen LogP contribution is -1.93. The molecule has 3 aromatic rings. The number of benzene rings is 1. The second-order valence-electron chi connectivity index (χ2n) is 4.52. The second-order valence-corrected chi connectivity index (χ2v) is 5.37. The lowest BCUT2D eigenvalue weighted by Gasteiger charge is -2.02. The van der Waals surface area contributed by atoms with E-state index >= 15 is 0 Å². The summed E-state index contributed by atoms with van der Waals surface area (Å²) >= 11 is 12.1. The van der Waals surface area contributed by atoms with Gasteiger partial charge in [0.05, 0.1) is 5.02 Å². The highest BCUT2D eigenvalue weighted by Crippen LogP contribution is 2.32. The fraction of sp³-hybridized carbons (Fsp3) is 0.0667. The predicted octanol–water partition coefficient (Wildman–Crippen LogP) is 4.43. The molecule has 0 bridgehead atoms. The number of fused-ring (bicyclic) bond motifs is 1. The summed E-state index contributed by atoms with van der Waals surface area (Å²) in [6.45, 7) is 1.96. The third-order valence-electron chi connectivity index (χ3n) is 3.10. The van der Waals surface area contributed by atoms with Crippen molar-refractivity contribution in [2.45, 2.75) is 6.92 Å². The summed E-state index contributed by atoms with van der Waals surface area (Å²) in [5.74, 6) is 0. The van der Waals surface area contributed by atoms with Crippen molar-refractivity contribution in [3.05, 3.63) is 57.8 Å². The van der Waals surface area contributed by atoms with Gasteiger partial charge in [-0.1, -0.05) is 29.3 Å². The van der Waals surface area contributed by atoms with E-state index in [-0.39, 0.29) is 0 Å². The first kappa shape index (κ1) is 13.2. The Labute approximate surface area is 125 Å². The smallest absolute Gasteiger partial charge is 0.169 e. The first-order valence-electron chi connectivity index (χ1n) is 5.99. The number of carbonyl (C=O) groups is 1. The summed E-state index contributed by atoms with van der Waals surface area (Å²) in [5.41, 5.74) is 3.49. The van der Waals surface area contributed by atoms with Crippen LogP contribution in [0.4, 0.5) is 0 Å². The highest BCUT2D eigenvalue weighted by molar-refractivity contribution is 6.36. The van der Waals surface area contributed by atoms with Gasteiger partial charge in [0.15, 0.2) is 6.29 Å². The van der Waals surface area contributed by atoms with Crippen molar-refractivity contribution in [1.29, 1.82) is 0 Å². The van der Waals surface area contributed by atoms with Crippen LogP contribution in [0.2, 0.25) is 10.0 Å². The maximum Gasteiger partial charge on any atom is 0.169 e. The van der Waals surface area contributed by atoms with Crippen molar-refractivity contribution < 1.29 is 4.79 Å². The van der Waals surface area contributed by atoms with Crippen LogP contribution in [0, 0.1) is 6.92 Å². The van der Waals surface area contributed by atoms with Crippen molar-refractivity contribution in [2.75, 3.05) is 0 Å². The summed E-state index contributed by atoms with van der Waals surface area (Å²) in [6.07, 6.45) is 2.67. The average molecular weight is 305 g/mol. The van der Waals surface area contributed by atoms with Gasteiger partial charge < -0.3 is 0 Å². The quantitative estimate of drug-likeness (QED) is 0.656. The number of hydrogen-bond donors (Lipinski definition) is 0. The molecule has 0 radical (unpaired) electrons. The Kier molecular flexibility index (Phi) is 3.24. The van der Waals surface area contributed by atoms with Crippen LogP contribution < -0.4 is 0 Å². The molecule has 0 saturated heterocycles. The number of rotatable bonds is 2. The minimum Gasteiger partial charge on any atom is -0.296 e. The van der Waals surface area contributed by atoms with E-state index in [1.54, 1.807) is 22.6 Å². The number of carbonyl (C=O) groups excluding carboxylic acids is 1. The van der Waals surface area contributed by atoms with E-state index in [2.05, 4.69) is 4.98 Å². The van der Waals surface area contributed by atoms with E-state index in [1.165, 1.54) is 0 Å². The summed E-state index contributed by atoms with van der Waals surface area (Å²) in [7, 11) is 0. The SMILES string of the molecule is Cc1ccc2nc(-c3ccc(Cl)cc3Cl)c(C=O)n2c1. The molecular weight excluding hydrogens is 295 g/mol. The molecule has 0 N–H and O–H groups in total. The first-order valence-corrected chi connectivity index (χ1v) is 6.75. The fourth-order valence-electron chi connectivity index (χ4n) is 2.16. The van der Waals surface area contributed by atoms with Crippen molar-refractivity contribution >= 4 is 35.1 Å². The van der Waals surface area contributed by atoms with Crippen LogP contribution in [-0.2, 0) is 0 Å². The van der Waals surface area contributed by atoms with Crippen LogP contribution in [0.1, 0.15) is 16.1 Å². The average Bonchev–Trinajstić information content (AvgIpc) is 2.76. The van der Waals surface area contributed by atoms with Gasteiger partial charge in [-0.3, -0.25) is 9.20 Å². The number of halogens is 2. The molecule has 1 aromatic carbocycles. The summed E-state index contributed by atoms with van der Waals surface area (Å²) < 4.78 is 1.77. The number of hydrogen-bond acceptors (Lipinski definition) is 2. The maximum atomic E-state index is 11.4. The zero-order valence-electron chi connectivity index (χ0n) is 10.6. The molecule has 0 aliphatic carbocycles. The van der Waals surface area contributed by atoms with Gasteiger partial charge in [0.1, 0.15) is 17.0 Å². The van der Waals surface area contributed by atoms with Gasteiger partial charge in [-0.2, -0.15) is 0 Å². The highest BCUT2D eigenvalue weighted by Gasteiger charge is 2.16. The van der Waals surface area contributed by atoms with E-state index in [9.17, 15) is 4.79 Å². The molecule has 2 heterocycles. The lowest BCUT2D eigenvalue weighted by atomic mass is 10.1. The summed E-state index contributed by atoms with van der Waals surface area (Å²) in [4.78, 5) is 15.9. The van der Waals surface area contributed by atoms with Crippen LogP contribution in [0.3, 0.4) is 0 Å². The second kappa shape index (κ2) is 4.93. The molecular formula is C15H10Cl2N2O. The molecule has 0 spiro atoms. The molecule has 0 atom stereocenters. The van der Waals surface area contributed by atoms with Crippen LogP contribution in [-0.4, -0.2) is 15.7 Å². The van der Waals surface area contributed by atoms with Crippen molar-refractivity contribution in [3.63, 3.8) is 0 Å². The van der Waals surface area contributed by atoms with Gasteiger partial charge >= 0.3 is 0 Å². The van der Waals surface area contributed by atoms with Gasteiger partial charge in [-0.15, -0.1) is 0 Å². The number of aryl methyl sites for hydroxylation is 1. The van der Waals surface area contributed by atoms with Crippen LogP contribution in [0.25, 0.3) is 16.9 Å². The Bertz CT molecular complexity index is 824. The Morgan fingerprint density at radius 1 is 1.20 bits per heavy atom. The van der Waals surface area contributed by atoms with Gasteiger partial charge in [0.25, 0.3) is 0 Å². The Morgan fingerprint density at radius 3 is 2.70 bits per heavy atom. The Balaban J connectivity index is 2.33. The monoisotopic (exact) mass is 304 g/mol. The van der Waals surface area contributed by atoms with Gasteiger partial charge in [-0.25, -0.2) is 4.98 Å². The molecule has 20 heavy (non-hydrogen) atoms. The number of imidazole rings is 1. The van der Waals surface area contributed by atoms with Crippen LogP contribution in [0.5, 0.6) is 0 Å². The van der Waals surface area contributed by atoms with Crippen LogP contribution in [0.15, 0.2) is 36.5 Å². The fourth-order valence-corrected chi connectivity index (χ4v) is 2.66. The van der Waals surface area contributed by atoms with E-state index in [0.717, 1.165) is 11.8 Å². The van der Waals surface area contributed by atoms with Gasteiger partial charge in [-0.05, 0) is 36.8 Å². The molecule has 5 heteroatoms. The zero-order valence-corrected chi connectivity index (χ0v) is 12.1. The normalized spacial score (nSPS) is 10.9. The van der Waals surface area contributed by atoms with E-state index < -0.39 is 0 Å². The largest absolute Gasteiger partial charge is 0.296 e. The minimum absolute atomic E-state index is 0.473. The first-order chi connectivity index (χ1) is 9.60. The molecule has 0 aliphatic heterocycles. The van der Waals surface area contributed by atoms with Crippen molar-refractivity contribution in [2.24, 2.45) is 0 Å². The predicted molar refractivity (Wildman–Crippen MR) is 80.8 cm³/mol.